The predicted molar refractivity (Wildman–Crippen MR) is 63.3 cm³/mol. The molecule has 4 nitrogen and oxygen atoms in total. The number of nitrogens with zero attached hydrogens (tertiary/aromatic N) is 2. The van der Waals surface area contributed by atoms with Crippen LogP contribution in [0.15, 0.2) is 23.0 Å². The van der Waals surface area contributed by atoms with Gasteiger partial charge in [0.15, 0.2) is 5.82 Å². The SMILES string of the molecule is CC(C)(C)c1ccc(C(N)c2ncon2)s1. The maximum absolute atomic E-state index is 6.04. The summed E-state index contributed by atoms with van der Waals surface area (Å²) in [7, 11) is 0. The third kappa shape index (κ3) is 2.15. The molecule has 2 N–H and O–H groups in total. The van der Waals surface area contributed by atoms with Crippen molar-refractivity contribution in [1.82, 2.24) is 10.1 Å². The summed E-state index contributed by atoms with van der Waals surface area (Å²) in [6.07, 6.45) is 1.30. The molecule has 16 heavy (non-hydrogen) atoms. The van der Waals surface area contributed by atoms with Crippen molar-refractivity contribution in [2.75, 3.05) is 0 Å². The summed E-state index contributed by atoms with van der Waals surface area (Å²) in [5, 5.41) is 3.76. The van der Waals surface area contributed by atoms with Gasteiger partial charge < -0.3 is 10.3 Å². The lowest BCUT2D eigenvalue weighted by atomic mass is 9.95. The fourth-order valence-corrected chi connectivity index (χ4v) is 2.43. The largest absolute Gasteiger partial charge is 0.343 e. The van der Waals surface area contributed by atoms with Gasteiger partial charge in [-0.05, 0) is 17.5 Å². The summed E-state index contributed by atoms with van der Waals surface area (Å²) >= 11 is 1.70. The lowest BCUT2D eigenvalue weighted by Gasteiger charge is -2.15. The minimum atomic E-state index is -0.292. The van der Waals surface area contributed by atoms with Gasteiger partial charge in [-0.3, -0.25) is 0 Å². The number of aromatic nitrogens is 2. The van der Waals surface area contributed by atoms with Crippen molar-refractivity contribution in [3.8, 4) is 0 Å². The predicted octanol–water partition coefficient (Wildman–Crippen LogP) is 2.48. The first kappa shape index (κ1) is 11.3. The standard InChI is InChI=1S/C11H15N3OS/c1-11(2,3)8-5-4-7(16-8)9(12)10-13-6-15-14-10/h4-6,9H,12H2,1-3H3. The molecule has 0 aliphatic rings. The van der Waals surface area contributed by atoms with Crippen LogP contribution in [-0.4, -0.2) is 10.1 Å². The first-order valence-electron chi connectivity index (χ1n) is 5.10. The van der Waals surface area contributed by atoms with Crippen LogP contribution in [0.2, 0.25) is 0 Å². The van der Waals surface area contributed by atoms with Gasteiger partial charge in [-0.1, -0.05) is 25.9 Å². The molecule has 0 radical (unpaired) electrons. The Balaban J connectivity index is 2.26. The molecule has 1 unspecified atom stereocenters. The molecule has 0 aliphatic carbocycles. The van der Waals surface area contributed by atoms with E-state index in [0.29, 0.717) is 5.82 Å². The van der Waals surface area contributed by atoms with E-state index in [2.05, 4.69) is 37.0 Å². The molecule has 0 fully saturated rings. The third-order valence-corrected chi connectivity index (χ3v) is 3.92. The van der Waals surface area contributed by atoms with Gasteiger partial charge in [-0.25, -0.2) is 0 Å². The molecule has 86 valence electrons. The highest BCUT2D eigenvalue weighted by Crippen LogP contribution is 2.32. The van der Waals surface area contributed by atoms with E-state index in [4.69, 9.17) is 10.3 Å². The van der Waals surface area contributed by atoms with Crippen LogP contribution < -0.4 is 5.73 Å². The van der Waals surface area contributed by atoms with Crippen molar-refractivity contribution >= 4 is 11.3 Å². The van der Waals surface area contributed by atoms with Gasteiger partial charge in [-0.2, -0.15) is 4.98 Å². The van der Waals surface area contributed by atoms with E-state index in [0.717, 1.165) is 4.88 Å². The molecule has 2 aromatic heterocycles. The Morgan fingerprint density at radius 1 is 1.38 bits per heavy atom. The van der Waals surface area contributed by atoms with Crippen molar-refractivity contribution < 1.29 is 4.52 Å². The van der Waals surface area contributed by atoms with Crippen LogP contribution >= 0.6 is 11.3 Å². The number of thiophene rings is 1. The normalized spacial score (nSPS) is 14.0. The van der Waals surface area contributed by atoms with Gasteiger partial charge in [-0.15, -0.1) is 11.3 Å². The fourth-order valence-electron chi connectivity index (χ4n) is 1.37. The van der Waals surface area contributed by atoms with Crippen molar-refractivity contribution in [2.45, 2.75) is 32.2 Å². The van der Waals surface area contributed by atoms with E-state index >= 15 is 0 Å². The molecule has 2 aromatic rings. The molecule has 1 atom stereocenters. The number of rotatable bonds is 2. The third-order valence-electron chi connectivity index (χ3n) is 2.33. The van der Waals surface area contributed by atoms with E-state index in [1.807, 2.05) is 6.07 Å². The molecule has 2 rings (SSSR count). The van der Waals surface area contributed by atoms with Crippen LogP contribution in [0.4, 0.5) is 0 Å². The van der Waals surface area contributed by atoms with Gasteiger partial charge in [0.05, 0.1) is 0 Å². The zero-order valence-electron chi connectivity index (χ0n) is 9.60. The Bertz CT molecular complexity index is 456. The summed E-state index contributed by atoms with van der Waals surface area (Å²) in [6, 6.07) is 3.85. The van der Waals surface area contributed by atoms with Crippen molar-refractivity contribution in [3.63, 3.8) is 0 Å². The Labute approximate surface area is 98.5 Å². The second kappa shape index (κ2) is 3.99. The van der Waals surface area contributed by atoms with Crippen LogP contribution in [0.5, 0.6) is 0 Å². The zero-order chi connectivity index (χ0) is 11.8. The van der Waals surface area contributed by atoms with E-state index in [-0.39, 0.29) is 11.5 Å². The first-order valence-corrected chi connectivity index (χ1v) is 5.92. The van der Waals surface area contributed by atoms with E-state index < -0.39 is 0 Å². The smallest absolute Gasteiger partial charge is 0.213 e. The maximum Gasteiger partial charge on any atom is 0.213 e. The molecular formula is C11H15N3OS. The monoisotopic (exact) mass is 237 g/mol. The Morgan fingerprint density at radius 3 is 2.62 bits per heavy atom. The maximum atomic E-state index is 6.04. The molecule has 0 saturated heterocycles. The molecule has 0 aromatic carbocycles. The van der Waals surface area contributed by atoms with Crippen molar-refractivity contribution in [1.29, 1.82) is 0 Å². The highest BCUT2D eigenvalue weighted by molar-refractivity contribution is 7.12. The minimum Gasteiger partial charge on any atom is -0.343 e. The lowest BCUT2D eigenvalue weighted by Crippen LogP contribution is -2.12. The second-order valence-corrected chi connectivity index (χ2v) is 5.83. The van der Waals surface area contributed by atoms with Gasteiger partial charge in [0.1, 0.15) is 6.04 Å². The van der Waals surface area contributed by atoms with E-state index in [9.17, 15) is 0 Å². The van der Waals surface area contributed by atoms with Gasteiger partial charge in [0, 0.05) is 9.75 Å². The molecule has 0 bridgehead atoms. The number of hydrogen-bond donors (Lipinski definition) is 1. The van der Waals surface area contributed by atoms with Crippen LogP contribution in [0, 0.1) is 0 Å². The first-order chi connectivity index (χ1) is 7.48. The summed E-state index contributed by atoms with van der Waals surface area (Å²) in [4.78, 5) is 6.34. The van der Waals surface area contributed by atoms with Crippen molar-refractivity contribution in [2.24, 2.45) is 5.73 Å². The molecule has 0 amide bonds. The molecule has 5 heteroatoms. The molecule has 0 saturated carbocycles. The summed E-state index contributed by atoms with van der Waals surface area (Å²) in [6.45, 7) is 6.55. The summed E-state index contributed by atoms with van der Waals surface area (Å²) < 4.78 is 4.69. The highest BCUT2D eigenvalue weighted by Gasteiger charge is 2.20. The molecular weight excluding hydrogens is 222 g/mol. The zero-order valence-corrected chi connectivity index (χ0v) is 10.4. The Morgan fingerprint density at radius 2 is 2.12 bits per heavy atom. The van der Waals surface area contributed by atoms with E-state index in [1.165, 1.54) is 11.3 Å². The van der Waals surface area contributed by atoms with Crippen LogP contribution in [0.3, 0.4) is 0 Å². The van der Waals surface area contributed by atoms with E-state index in [1.54, 1.807) is 11.3 Å². The molecule has 2 heterocycles. The minimum absolute atomic E-state index is 0.153. The molecule has 0 spiro atoms. The topological polar surface area (TPSA) is 64.9 Å². The number of nitrogens with two attached hydrogens (primary N) is 1. The average molecular weight is 237 g/mol. The van der Waals surface area contributed by atoms with Crippen LogP contribution in [0.1, 0.15) is 42.4 Å². The second-order valence-electron chi connectivity index (χ2n) is 4.72. The summed E-state index contributed by atoms with van der Waals surface area (Å²) in [5.74, 6) is 0.530. The van der Waals surface area contributed by atoms with Crippen LogP contribution in [0.25, 0.3) is 0 Å². The van der Waals surface area contributed by atoms with Crippen molar-refractivity contribution in [3.05, 3.63) is 34.1 Å². The fraction of sp³-hybridized carbons (Fsp3) is 0.455. The van der Waals surface area contributed by atoms with Gasteiger partial charge >= 0.3 is 0 Å². The summed E-state index contributed by atoms with van der Waals surface area (Å²) in [5.41, 5.74) is 6.20. The van der Waals surface area contributed by atoms with Crippen LogP contribution in [-0.2, 0) is 5.41 Å². The Kier molecular flexibility index (Phi) is 2.82. The Hall–Kier alpha value is -1.20. The van der Waals surface area contributed by atoms with Gasteiger partial charge in [0.2, 0.25) is 6.39 Å². The number of hydrogen-bond acceptors (Lipinski definition) is 5. The molecule has 0 aliphatic heterocycles. The highest BCUT2D eigenvalue weighted by atomic mass is 32.1. The quantitative estimate of drug-likeness (QED) is 0.871. The van der Waals surface area contributed by atoms with Gasteiger partial charge in [0.25, 0.3) is 0 Å². The lowest BCUT2D eigenvalue weighted by molar-refractivity contribution is 0.407. The average Bonchev–Trinajstić information content (AvgIpc) is 2.87.